The van der Waals surface area contributed by atoms with Gasteiger partial charge in [0.15, 0.2) is 0 Å². The third-order valence-electron chi connectivity index (χ3n) is 2.01. The molecule has 0 saturated heterocycles. The van der Waals surface area contributed by atoms with Crippen molar-refractivity contribution in [2.75, 3.05) is 7.05 Å². The van der Waals surface area contributed by atoms with Crippen molar-refractivity contribution in [3.63, 3.8) is 0 Å². The number of carboxylic acids is 4. The second-order valence-corrected chi connectivity index (χ2v) is 3.65. The van der Waals surface area contributed by atoms with Gasteiger partial charge >= 0.3 is 23.9 Å². The van der Waals surface area contributed by atoms with E-state index in [0.717, 1.165) is 0 Å². The molecule has 0 rings (SSSR count). The number of likely N-dealkylation sites (N-methyl/N-ethyl adjacent to an activating group) is 1. The van der Waals surface area contributed by atoms with Crippen molar-refractivity contribution >= 4 is 23.9 Å². The summed E-state index contributed by atoms with van der Waals surface area (Å²) in [6.45, 7) is 0. The van der Waals surface area contributed by atoms with Gasteiger partial charge in [0, 0.05) is 6.42 Å². The van der Waals surface area contributed by atoms with E-state index in [4.69, 9.17) is 26.2 Å². The van der Waals surface area contributed by atoms with Crippen LogP contribution in [0.4, 0.5) is 0 Å². The standard InChI is InChI=1S/2C5H9NO4/c1-6-3(5(9)10)2-4(7)8;6-3(5(9)10)1-2-4(7)8/h3,6H,2H2,1H3,(H,7,8)(H,9,10);3H,1-2,6H2,(H,7,8)(H,9,10)/t3-;/m1./s1. The van der Waals surface area contributed by atoms with Crippen molar-refractivity contribution in [3.05, 3.63) is 0 Å². The van der Waals surface area contributed by atoms with Gasteiger partial charge in [0.25, 0.3) is 0 Å². The van der Waals surface area contributed by atoms with Crippen molar-refractivity contribution < 1.29 is 39.6 Å². The number of nitrogens with two attached hydrogens (primary N) is 1. The average molecular weight is 294 g/mol. The fourth-order valence-electron chi connectivity index (χ4n) is 0.890. The van der Waals surface area contributed by atoms with Gasteiger partial charge in [-0.05, 0) is 13.5 Å². The molecule has 20 heavy (non-hydrogen) atoms. The molecule has 0 aromatic heterocycles. The molecule has 7 N–H and O–H groups in total. The Kier molecular flexibility index (Phi) is 10.8. The van der Waals surface area contributed by atoms with Crippen LogP contribution >= 0.6 is 0 Å². The van der Waals surface area contributed by atoms with Crippen LogP contribution in [0.25, 0.3) is 0 Å². The molecule has 0 heterocycles. The zero-order valence-electron chi connectivity index (χ0n) is 10.8. The maximum absolute atomic E-state index is 10.1. The summed E-state index contributed by atoms with van der Waals surface area (Å²) in [5.41, 5.74) is 5.00. The minimum atomic E-state index is -1.17. The number of hydrogen-bond acceptors (Lipinski definition) is 6. The van der Waals surface area contributed by atoms with Crippen LogP contribution in [0.3, 0.4) is 0 Å². The van der Waals surface area contributed by atoms with Crippen molar-refractivity contribution in [2.45, 2.75) is 31.3 Å². The van der Waals surface area contributed by atoms with Gasteiger partial charge < -0.3 is 31.5 Å². The van der Waals surface area contributed by atoms with Crippen LogP contribution in [0.1, 0.15) is 19.3 Å². The Labute approximate surface area is 114 Å². The third kappa shape index (κ3) is 12.3. The van der Waals surface area contributed by atoms with E-state index in [1.807, 2.05) is 0 Å². The molecule has 10 heteroatoms. The first-order valence-electron chi connectivity index (χ1n) is 5.43. The fourth-order valence-corrected chi connectivity index (χ4v) is 0.890. The summed E-state index contributed by atoms with van der Waals surface area (Å²) < 4.78 is 0. The molecule has 0 aliphatic rings. The SMILES string of the molecule is CN[C@H](CC(=O)O)C(=O)O.NC(CCC(=O)O)C(=O)O. The van der Waals surface area contributed by atoms with Crippen molar-refractivity contribution in [3.8, 4) is 0 Å². The molecule has 0 spiro atoms. The Morgan fingerprint density at radius 3 is 1.70 bits per heavy atom. The minimum Gasteiger partial charge on any atom is -0.481 e. The highest BCUT2D eigenvalue weighted by Crippen LogP contribution is 1.93. The molecule has 0 aromatic rings. The van der Waals surface area contributed by atoms with E-state index in [-0.39, 0.29) is 12.8 Å². The van der Waals surface area contributed by atoms with Crippen LogP contribution in [0, 0.1) is 0 Å². The minimum absolute atomic E-state index is 0.0231. The number of rotatable bonds is 8. The molecule has 1 unspecified atom stereocenters. The van der Waals surface area contributed by atoms with Gasteiger partial charge in [0.05, 0.1) is 6.42 Å². The zero-order chi connectivity index (χ0) is 16.3. The summed E-state index contributed by atoms with van der Waals surface area (Å²) >= 11 is 0. The first kappa shape index (κ1) is 20.1. The van der Waals surface area contributed by atoms with Gasteiger partial charge in [-0.3, -0.25) is 19.2 Å². The molecule has 0 aliphatic heterocycles. The molecule has 0 radical (unpaired) electrons. The van der Waals surface area contributed by atoms with Gasteiger partial charge in [-0.15, -0.1) is 0 Å². The first-order chi connectivity index (χ1) is 9.11. The number of carbonyl (C=O) groups is 4. The van der Waals surface area contributed by atoms with E-state index in [1.54, 1.807) is 0 Å². The lowest BCUT2D eigenvalue weighted by atomic mass is 10.2. The number of aliphatic carboxylic acids is 4. The van der Waals surface area contributed by atoms with Crippen molar-refractivity contribution in [1.82, 2.24) is 5.32 Å². The maximum atomic E-state index is 10.1. The second kappa shape index (κ2) is 10.7. The predicted molar refractivity (Wildman–Crippen MR) is 65.2 cm³/mol. The molecule has 0 bridgehead atoms. The van der Waals surface area contributed by atoms with E-state index >= 15 is 0 Å². The van der Waals surface area contributed by atoms with Crippen molar-refractivity contribution in [2.24, 2.45) is 5.73 Å². The Morgan fingerprint density at radius 2 is 1.50 bits per heavy atom. The molecule has 116 valence electrons. The van der Waals surface area contributed by atoms with Crippen LogP contribution < -0.4 is 11.1 Å². The number of nitrogens with one attached hydrogen (secondary N) is 1. The Balaban J connectivity index is 0. The van der Waals surface area contributed by atoms with E-state index in [2.05, 4.69) is 5.32 Å². The average Bonchev–Trinajstić information content (AvgIpc) is 2.32. The van der Waals surface area contributed by atoms with E-state index in [9.17, 15) is 19.2 Å². The monoisotopic (exact) mass is 294 g/mol. The summed E-state index contributed by atoms with van der Waals surface area (Å²) in [4.78, 5) is 40.0. The van der Waals surface area contributed by atoms with Gasteiger partial charge in [0.2, 0.25) is 0 Å². The van der Waals surface area contributed by atoms with Gasteiger partial charge in [-0.2, -0.15) is 0 Å². The second-order valence-electron chi connectivity index (χ2n) is 3.65. The van der Waals surface area contributed by atoms with Crippen LogP contribution in [0.15, 0.2) is 0 Å². The molecular formula is C10H18N2O8. The largest absolute Gasteiger partial charge is 0.481 e. The Bertz CT molecular complexity index is 357. The number of carboxylic acid groups (broad SMARTS) is 4. The predicted octanol–water partition coefficient (Wildman–Crippen LogP) is -1.60. The van der Waals surface area contributed by atoms with Crippen molar-refractivity contribution in [1.29, 1.82) is 0 Å². The molecule has 0 aromatic carbocycles. The summed E-state index contributed by atoms with van der Waals surface area (Å²) in [7, 11) is 1.40. The van der Waals surface area contributed by atoms with Gasteiger partial charge in [-0.25, -0.2) is 0 Å². The molecule has 10 nitrogen and oxygen atoms in total. The smallest absolute Gasteiger partial charge is 0.321 e. The van der Waals surface area contributed by atoms with E-state index in [0.29, 0.717) is 0 Å². The maximum Gasteiger partial charge on any atom is 0.321 e. The van der Waals surface area contributed by atoms with E-state index < -0.39 is 42.4 Å². The summed E-state index contributed by atoms with van der Waals surface area (Å²) in [5, 5.41) is 35.1. The molecule has 0 amide bonds. The molecule has 2 atom stereocenters. The lowest BCUT2D eigenvalue weighted by Crippen LogP contribution is -2.35. The first-order valence-corrected chi connectivity index (χ1v) is 5.43. The highest BCUT2D eigenvalue weighted by Gasteiger charge is 2.17. The van der Waals surface area contributed by atoms with Gasteiger partial charge in [-0.1, -0.05) is 0 Å². The normalized spacial score (nSPS) is 12.5. The Hall–Kier alpha value is -2.20. The van der Waals surface area contributed by atoms with Crippen LogP contribution in [-0.4, -0.2) is 63.4 Å². The number of hydrogen-bond donors (Lipinski definition) is 6. The highest BCUT2D eigenvalue weighted by molar-refractivity contribution is 5.80. The third-order valence-corrected chi connectivity index (χ3v) is 2.01. The molecule has 0 aliphatic carbocycles. The molecular weight excluding hydrogens is 276 g/mol. The Morgan fingerprint density at radius 1 is 1.00 bits per heavy atom. The quantitative estimate of drug-likeness (QED) is 0.304. The summed E-state index contributed by atoms with van der Waals surface area (Å²) in [6.07, 6.45) is -0.621. The lowest BCUT2D eigenvalue weighted by molar-refractivity contribution is -0.145. The summed E-state index contributed by atoms with van der Waals surface area (Å²) in [6, 6.07) is -2.05. The fraction of sp³-hybridized carbons (Fsp3) is 0.600. The molecule has 0 saturated carbocycles. The van der Waals surface area contributed by atoms with Crippen LogP contribution in [-0.2, 0) is 19.2 Å². The van der Waals surface area contributed by atoms with E-state index in [1.165, 1.54) is 7.05 Å². The zero-order valence-corrected chi connectivity index (χ0v) is 10.8. The summed E-state index contributed by atoms with van der Waals surface area (Å²) in [5.74, 6) is -4.47. The van der Waals surface area contributed by atoms with Crippen LogP contribution in [0.2, 0.25) is 0 Å². The highest BCUT2D eigenvalue weighted by atomic mass is 16.4. The topological polar surface area (TPSA) is 187 Å². The lowest BCUT2D eigenvalue weighted by Gasteiger charge is -2.06. The molecule has 0 fully saturated rings. The van der Waals surface area contributed by atoms with Crippen LogP contribution in [0.5, 0.6) is 0 Å². The van der Waals surface area contributed by atoms with Gasteiger partial charge in [0.1, 0.15) is 12.1 Å².